The topological polar surface area (TPSA) is 97.1 Å². The van der Waals surface area contributed by atoms with Crippen LogP contribution in [0.25, 0.3) is 11.4 Å². The molecule has 0 spiro atoms. The van der Waals surface area contributed by atoms with Crippen molar-refractivity contribution in [1.29, 1.82) is 0 Å². The van der Waals surface area contributed by atoms with Gasteiger partial charge in [0, 0.05) is 6.54 Å². The third kappa shape index (κ3) is 5.40. The van der Waals surface area contributed by atoms with E-state index in [-0.39, 0.29) is 11.3 Å². The molecule has 0 aliphatic carbocycles. The van der Waals surface area contributed by atoms with Crippen molar-refractivity contribution in [2.24, 2.45) is 0 Å². The normalized spacial score (nSPS) is 16.8. The fourth-order valence-electron chi connectivity index (χ4n) is 5.10. The zero-order valence-corrected chi connectivity index (χ0v) is 23.2. The summed E-state index contributed by atoms with van der Waals surface area (Å²) in [5.41, 5.74) is 2.54. The lowest BCUT2D eigenvalue weighted by atomic mass is 9.95. The van der Waals surface area contributed by atoms with E-state index in [2.05, 4.69) is 23.8 Å². The lowest BCUT2D eigenvalue weighted by Gasteiger charge is -2.27. The number of benzene rings is 2. The monoisotopic (exact) mass is 532 g/mol. The van der Waals surface area contributed by atoms with Crippen molar-refractivity contribution in [3.05, 3.63) is 77.1 Å². The van der Waals surface area contributed by atoms with Crippen LogP contribution in [0, 0.1) is 6.92 Å². The average molecular weight is 533 g/mol. The molecule has 1 saturated heterocycles. The number of methoxy groups -OCH3 is 2. The first-order valence-corrected chi connectivity index (χ1v) is 13.2. The molecule has 1 aliphatic rings. The van der Waals surface area contributed by atoms with Crippen molar-refractivity contribution in [3.63, 3.8) is 0 Å². The van der Waals surface area contributed by atoms with E-state index in [1.807, 2.05) is 37.3 Å². The second kappa shape index (κ2) is 12.2. The molecule has 39 heavy (non-hydrogen) atoms. The van der Waals surface area contributed by atoms with E-state index in [0.717, 1.165) is 25.3 Å². The molecule has 1 fully saturated rings. The second-order valence-electron chi connectivity index (χ2n) is 9.38. The van der Waals surface area contributed by atoms with Gasteiger partial charge in [-0.25, -0.2) is 4.68 Å². The Labute approximate surface area is 229 Å². The number of nitrogens with zero attached hydrogens (tertiary/aromatic N) is 4. The standard InChI is InChI=1S/C30H36N4O5/c1-6-32(7-2)16-11-17-33-27(21-14-15-24(38-4)25(18-21)39-5)26(29(36)30(33)37)28(35)23-19-31-34(20(23)3)22-12-9-8-10-13-22/h8-10,12-15,18-19,27,35H,6-7,11,16-17H2,1-5H3. The summed E-state index contributed by atoms with van der Waals surface area (Å²) in [4.78, 5) is 30.7. The number of aromatic nitrogens is 2. The van der Waals surface area contributed by atoms with Crippen molar-refractivity contribution >= 4 is 17.4 Å². The first-order valence-electron chi connectivity index (χ1n) is 13.2. The van der Waals surface area contributed by atoms with Crippen LogP contribution < -0.4 is 9.47 Å². The Hall–Kier alpha value is -4.11. The third-order valence-electron chi connectivity index (χ3n) is 7.30. The molecule has 1 aliphatic heterocycles. The molecule has 1 N–H and O–H groups in total. The number of carbonyl (C=O) groups excluding carboxylic acids is 2. The van der Waals surface area contributed by atoms with Gasteiger partial charge in [0.25, 0.3) is 11.7 Å². The van der Waals surface area contributed by atoms with E-state index in [1.54, 1.807) is 34.9 Å². The van der Waals surface area contributed by atoms with E-state index in [4.69, 9.17) is 9.47 Å². The molecular formula is C30H36N4O5. The SMILES string of the molecule is CCN(CC)CCCN1C(=O)C(=O)C(=C(O)c2cnn(-c3ccccc3)c2C)C1c1ccc(OC)c(OC)c1. The maximum Gasteiger partial charge on any atom is 0.295 e. The molecule has 206 valence electrons. The molecule has 2 aromatic carbocycles. The minimum Gasteiger partial charge on any atom is -0.507 e. The van der Waals surface area contributed by atoms with E-state index in [1.165, 1.54) is 13.3 Å². The highest BCUT2D eigenvalue weighted by Gasteiger charge is 2.46. The highest BCUT2D eigenvalue weighted by molar-refractivity contribution is 6.46. The molecule has 1 amide bonds. The molecule has 4 rings (SSSR count). The number of likely N-dealkylation sites (tertiary alicyclic amines) is 1. The number of Topliss-reactive ketones (excluding diaryl/α,β-unsaturated/α-hetero) is 1. The van der Waals surface area contributed by atoms with Crippen molar-refractivity contribution < 1.29 is 24.2 Å². The number of para-hydroxylation sites is 1. The Morgan fingerprint density at radius 1 is 1.03 bits per heavy atom. The Bertz CT molecular complexity index is 1360. The molecular weight excluding hydrogens is 496 g/mol. The molecule has 9 nitrogen and oxygen atoms in total. The van der Waals surface area contributed by atoms with Gasteiger partial charge in [-0.15, -0.1) is 0 Å². The van der Waals surface area contributed by atoms with Crippen LogP contribution in [0.5, 0.6) is 11.5 Å². The van der Waals surface area contributed by atoms with Crippen LogP contribution in [-0.2, 0) is 9.59 Å². The van der Waals surface area contributed by atoms with Gasteiger partial charge in [0.1, 0.15) is 5.76 Å². The molecule has 9 heteroatoms. The summed E-state index contributed by atoms with van der Waals surface area (Å²) in [6, 6.07) is 14.0. The zero-order chi connectivity index (χ0) is 28.1. The number of ketones is 1. The van der Waals surface area contributed by atoms with Gasteiger partial charge in [0.05, 0.1) is 49.0 Å². The van der Waals surface area contributed by atoms with Crippen LogP contribution in [0.1, 0.15) is 43.1 Å². The quantitative estimate of drug-likeness (QED) is 0.223. The minimum absolute atomic E-state index is 0.0331. The molecule has 1 aromatic heterocycles. The lowest BCUT2D eigenvalue weighted by Crippen LogP contribution is -2.33. The second-order valence-corrected chi connectivity index (χ2v) is 9.38. The average Bonchev–Trinajstić information content (AvgIpc) is 3.47. The number of aliphatic hydroxyl groups is 1. The van der Waals surface area contributed by atoms with Gasteiger partial charge in [-0.3, -0.25) is 9.59 Å². The van der Waals surface area contributed by atoms with Gasteiger partial charge in [-0.1, -0.05) is 38.1 Å². The first-order chi connectivity index (χ1) is 18.9. The molecule has 0 saturated carbocycles. The summed E-state index contributed by atoms with van der Waals surface area (Å²) in [6.45, 7) is 8.96. The largest absolute Gasteiger partial charge is 0.507 e. The van der Waals surface area contributed by atoms with Gasteiger partial charge >= 0.3 is 0 Å². The molecule has 0 radical (unpaired) electrons. The summed E-state index contributed by atoms with van der Waals surface area (Å²) in [5, 5.41) is 16.0. The number of hydrogen-bond acceptors (Lipinski definition) is 7. The van der Waals surface area contributed by atoms with Gasteiger partial charge in [-0.2, -0.15) is 5.10 Å². The molecule has 1 atom stereocenters. The first kappa shape index (κ1) is 27.9. The highest BCUT2D eigenvalue weighted by Crippen LogP contribution is 2.42. The fourth-order valence-corrected chi connectivity index (χ4v) is 5.10. The molecule has 2 heterocycles. The van der Waals surface area contributed by atoms with Crippen molar-refractivity contribution in [2.45, 2.75) is 33.2 Å². The van der Waals surface area contributed by atoms with E-state index >= 15 is 0 Å². The van der Waals surface area contributed by atoms with Crippen LogP contribution in [0.15, 0.2) is 60.3 Å². The molecule has 0 bridgehead atoms. The van der Waals surface area contributed by atoms with Crippen molar-refractivity contribution in [3.8, 4) is 17.2 Å². The predicted octanol–water partition coefficient (Wildman–Crippen LogP) is 4.35. The van der Waals surface area contributed by atoms with Crippen molar-refractivity contribution in [1.82, 2.24) is 19.6 Å². The van der Waals surface area contributed by atoms with Crippen LogP contribution in [0.3, 0.4) is 0 Å². The number of carbonyl (C=O) groups is 2. The van der Waals surface area contributed by atoms with Gasteiger partial charge < -0.3 is 24.4 Å². The summed E-state index contributed by atoms with van der Waals surface area (Å²) >= 11 is 0. The van der Waals surface area contributed by atoms with Crippen LogP contribution in [-0.4, -0.2) is 76.8 Å². The van der Waals surface area contributed by atoms with E-state index < -0.39 is 17.7 Å². The fraction of sp³-hybridized carbons (Fsp3) is 0.367. The summed E-state index contributed by atoms with van der Waals surface area (Å²) in [6.07, 6.45) is 2.21. The lowest BCUT2D eigenvalue weighted by molar-refractivity contribution is -0.140. The maximum atomic E-state index is 13.5. The number of hydrogen-bond donors (Lipinski definition) is 1. The number of rotatable bonds is 11. The summed E-state index contributed by atoms with van der Waals surface area (Å²) < 4.78 is 12.6. The number of amides is 1. The van der Waals surface area contributed by atoms with Crippen LogP contribution >= 0.6 is 0 Å². The van der Waals surface area contributed by atoms with Gasteiger partial charge in [-0.05, 0) is 62.8 Å². The maximum absolute atomic E-state index is 13.5. The smallest absolute Gasteiger partial charge is 0.295 e. The highest BCUT2D eigenvalue weighted by atomic mass is 16.5. The van der Waals surface area contributed by atoms with Crippen LogP contribution in [0.2, 0.25) is 0 Å². The van der Waals surface area contributed by atoms with E-state index in [9.17, 15) is 14.7 Å². The third-order valence-corrected chi connectivity index (χ3v) is 7.30. The Balaban J connectivity index is 1.81. The predicted molar refractivity (Wildman–Crippen MR) is 149 cm³/mol. The van der Waals surface area contributed by atoms with E-state index in [0.29, 0.717) is 41.3 Å². The van der Waals surface area contributed by atoms with Crippen molar-refractivity contribution in [2.75, 3.05) is 40.4 Å². The van der Waals surface area contributed by atoms with Crippen LogP contribution in [0.4, 0.5) is 0 Å². The molecule has 1 unspecified atom stereocenters. The zero-order valence-electron chi connectivity index (χ0n) is 23.2. The number of aliphatic hydroxyl groups excluding tert-OH is 1. The summed E-state index contributed by atoms with van der Waals surface area (Å²) in [5.74, 6) is -0.610. The Kier molecular flexibility index (Phi) is 8.71. The van der Waals surface area contributed by atoms with Gasteiger partial charge in [0.2, 0.25) is 0 Å². The van der Waals surface area contributed by atoms with Gasteiger partial charge in [0.15, 0.2) is 11.5 Å². The minimum atomic E-state index is -0.791. The Morgan fingerprint density at radius 3 is 2.36 bits per heavy atom. The molecule has 3 aromatic rings. The summed E-state index contributed by atoms with van der Waals surface area (Å²) in [7, 11) is 3.08. The number of ether oxygens (including phenoxy) is 2. The Morgan fingerprint density at radius 2 is 1.72 bits per heavy atom.